The summed E-state index contributed by atoms with van der Waals surface area (Å²) in [7, 11) is 0. The average molecular weight is 400 g/mol. The van der Waals surface area contributed by atoms with Crippen LogP contribution in [0, 0.1) is 5.92 Å². The summed E-state index contributed by atoms with van der Waals surface area (Å²) < 4.78 is 5.80. The Hall–Kier alpha value is -1.92. The van der Waals surface area contributed by atoms with Gasteiger partial charge in [0.15, 0.2) is 0 Å². The first-order chi connectivity index (χ1) is 13.6. The molecule has 2 aromatic rings. The molecule has 28 heavy (non-hydrogen) atoms. The Kier molecular flexibility index (Phi) is 5.97. The van der Waals surface area contributed by atoms with E-state index in [-0.39, 0.29) is 24.2 Å². The number of nitrogens with zero attached hydrogens (tertiary/aromatic N) is 2. The maximum Gasteiger partial charge on any atom is 0.253 e. The van der Waals surface area contributed by atoms with Crippen LogP contribution in [0.5, 0.6) is 0 Å². The van der Waals surface area contributed by atoms with Crippen LogP contribution in [0.3, 0.4) is 0 Å². The highest BCUT2D eigenvalue weighted by Crippen LogP contribution is 2.37. The summed E-state index contributed by atoms with van der Waals surface area (Å²) in [5, 5.41) is 5.38. The number of hydrogen-bond donors (Lipinski definition) is 1. The molecule has 1 amide bonds. The summed E-state index contributed by atoms with van der Waals surface area (Å²) in [5.74, 6) is 1.41. The normalized spacial score (nSPS) is 24.3. The molecule has 3 unspecified atom stereocenters. The van der Waals surface area contributed by atoms with Gasteiger partial charge in [0.05, 0.1) is 23.8 Å². The molecule has 6 heteroatoms. The van der Waals surface area contributed by atoms with Crippen molar-refractivity contribution in [3.63, 3.8) is 0 Å². The van der Waals surface area contributed by atoms with E-state index >= 15 is 0 Å². The number of hydrogen-bond acceptors (Lipinski definition) is 5. The molecule has 150 valence electrons. The van der Waals surface area contributed by atoms with Crippen molar-refractivity contribution in [2.45, 2.75) is 57.8 Å². The Morgan fingerprint density at radius 3 is 2.57 bits per heavy atom. The van der Waals surface area contributed by atoms with Gasteiger partial charge < -0.3 is 15.0 Å². The van der Waals surface area contributed by atoms with Crippen LogP contribution in [0.1, 0.15) is 60.8 Å². The van der Waals surface area contributed by atoms with Crippen molar-refractivity contribution in [1.82, 2.24) is 10.3 Å². The minimum Gasteiger partial charge on any atom is -0.372 e. The van der Waals surface area contributed by atoms with Crippen LogP contribution in [0.2, 0.25) is 0 Å². The third-order valence-electron chi connectivity index (χ3n) is 5.76. The largest absolute Gasteiger partial charge is 0.372 e. The number of aromatic nitrogens is 1. The highest BCUT2D eigenvalue weighted by Gasteiger charge is 2.29. The van der Waals surface area contributed by atoms with Crippen LogP contribution in [0.25, 0.3) is 0 Å². The number of rotatable bonds is 5. The van der Waals surface area contributed by atoms with Gasteiger partial charge in [-0.25, -0.2) is 4.98 Å². The van der Waals surface area contributed by atoms with Crippen molar-refractivity contribution in [1.29, 1.82) is 0 Å². The lowest BCUT2D eigenvalue weighted by Gasteiger charge is -2.36. The standard InChI is InChI=1S/C22H29N3O2S/c1-15-13-25(14-16(2)27-15)20-10-9-18(12-23-20)22(26)24-21(17-6-3-4-7-17)19-8-5-11-28-19/h5,8-12,15-17,21H,3-4,6-7,13-14H2,1-2H3,(H,24,26). The number of amides is 1. The number of morpholine rings is 1. The first-order valence-electron chi connectivity index (χ1n) is 10.3. The Labute approximate surface area is 171 Å². The molecule has 1 saturated carbocycles. The van der Waals surface area contributed by atoms with Gasteiger partial charge in [0, 0.05) is 24.2 Å². The summed E-state index contributed by atoms with van der Waals surface area (Å²) in [6.45, 7) is 5.81. The molecule has 5 nitrogen and oxygen atoms in total. The lowest BCUT2D eigenvalue weighted by atomic mass is 9.96. The predicted molar refractivity (Wildman–Crippen MR) is 113 cm³/mol. The van der Waals surface area contributed by atoms with Gasteiger partial charge in [0.1, 0.15) is 5.82 Å². The van der Waals surface area contributed by atoms with Crippen LogP contribution in [0.15, 0.2) is 35.8 Å². The molecule has 0 bridgehead atoms. The maximum absolute atomic E-state index is 12.9. The second-order valence-electron chi connectivity index (χ2n) is 8.08. The zero-order valence-corrected chi connectivity index (χ0v) is 17.5. The Morgan fingerprint density at radius 2 is 1.96 bits per heavy atom. The smallest absolute Gasteiger partial charge is 0.253 e. The fourth-order valence-corrected chi connectivity index (χ4v) is 5.35. The molecule has 1 N–H and O–H groups in total. The Bertz CT molecular complexity index is 762. The number of anilines is 1. The second kappa shape index (κ2) is 8.62. The van der Waals surface area contributed by atoms with Gasteiger partial charge in [-0.2, -0.15) is 0 Å². The molecular weight excluding hydrogens is 370 g/mol. The van der Waals surface area contributed by atoms with E-state index in [2.05, 4.69) is 46.6 Å². The fraction of sp³-hybridized carbons (Fsp3) is 0.545. The van der Waals surface area contributed by atoms with E-state index in [1.54, 1.807) is 17.5 Å². The minimum atomic E-state index is -0.0342. The molecule has 2 fully saturated rings. The van der Waals surface area contributed by atoms with E-state index in [0.717, 1.165) is 18.9 Å². The second-order valence-corrected chi connectivity index (χ2v) is 9.06. The van der Waals surface area contributed by atoms with Gasteiger partial charge in [-0.15, -0.1) is 11.3 Å². The zero-order valence-electron chi connectivity index (χ0n) is 16.6. The van der Waals surface area contributed by atoms with Gasteiger partial charge in [0.2, 0.25) is 0 Å². The van der Waals surface area contributed by atoms with Crippen molar-refractivity contribution in [2.24, 2.45) is 5.92 Å². The maximum atomic E-state index is 12.9. The van der Waals surface area contributed by atoms with Crippen molar-refractivity contribution in [3.8, 4) is 0 Å². The SMILES string of the molecule is CC1CN(c2ccc(C(=O)NC(c3cccs3)C3CCCC3)cn2)CC(C)O1. The van der Waals surface area contributed by atoms with Crippen LogP contribution in [0.4, 0.5) is 5.82 Å². The van der Waals surface area contributed by atoms with Crippen molar-refractivity contribution >= 4 is 23.1 Å². The van der Waals surface area contributed by atoms with Crippen LogP contribution < -0.4 is 10.2 Å². The van der Waals surface area contributed by atoms with E-state index < -0.39 is 0 Å². The average Bonchev–Trinajstić information content (AvgIpc) is 3.39. The first kappa shape index (κ1) is 19.4. The third kappa shape index (κ3) is 4.39. The topological polar surface area (TPSA) is 54.5 Å². The van der Waals surface area contributed by atoms with Gasteiger partial charge in [0.25, 0.3) is 5.91 Å². The van der Waals surface area contributed by atoms with Crippen LogP contribution in [-0.2, 0) is 4.74 Å². The van der Waals surface area contributed by atoms with E-state index in [9.17, 15) is 4.79 Å². The van der Waals surface area contributed by atoms with E-state index in [0.29, 0.717) is 11.5 Å². The lowest BCUT2D eigenvalue weighted by molar-refractivity contribution is -0.00546. The molecule has 1 aliphatic carbocycles. The van der Waals surface area contributed by atoms with Gasteiger partial charge >= 0.3 is 0 Å². The molecule has 3 atom stereocenters. The van der Waals surface area contributed by atoms with Crippen molar-refractivity contribution in [2.75, 3.05) is 18.0 Å². The molecule has 4 rings (SSSR count). The molecular formula is C22H29N3O2S. The summed E-state index contributed by atoms with van der Waals surface area (Å²) in [5.41, 5.74) is 0.623. The Morgan fingerprint density at radius 1 is 1.21 bits per heavy atom. The molecule has 3 heterocycles. The monoisotopic (exact) mass is 399 g/mol. The summed E-state index contributed by atoms with van der Waals surface area (Å²) in [6.07, 6.45) is 6.97. The summed E-state index contributed by atoms with van der Waals surface area (Å²) in [4.78, 5) is 21.0. The van der Waals surface area contributed by atoms with Gasteiger partial charge in [-0.1, -0.05) is 18.9 Å². The number of ether oxygens (including phenoxy) is 1. The van der Waals surface area contributed by atoms with Crippen LogP contribution in [-0.4, -0.2) is 36.2 Å². The molecule has 2 aliphatic rings. The van der Waals surface area contributed by atoms with Crippen molar-refractivity contribution < 1.29 is 9.53 Å². The van der Waals surface area contributed by atoms with E-state index in [1.165, 1.54) is 30.6 Å². The van der Waals surface area contributed by atoms with Gasteiger partial charge in [-0.3, -0.25) is 4.79 Å². The number of carbonyl (C=O) groups excluding carboxylic acids is 1. The first-order valence-corrected chi connectivity index (χ1v) is 11.2. The number of pyridine rings is 1. The minimum absolute atomic E-state index is 0.0342. The van der Waals surface area contributed by atoms with Crippen LogP contribution >= 0.6 is 11.3 Å². The molecule has 1 aliphatic heterocycles. The molecule has 1 saturated heterocycles. The predicted octanol–water partition coefficient (Wildman–Crippen LogP) is 4.42. The number of nitrogens with one attached hydrogen (secondary N) is 1. The Balaban J connectivity index is 1.45. The number of carbonyl (C=O) groups is 1. The highest BCUT2D eigenvalue weighted by molar-refractivity contribution is 7.10. The van der Waals surface area contributed by atoms with Crippen molar-refractivity contribution in [3.05, 3.63) is 46.3 Å². The quantitative estimate of drug-likeness (QED) is 0.809. The zero-order chi connectivity index (χ0) is 19.5. The highest BCUT2D eigenvalue weighted by atomic mass is 32.1. The molecule has 0 aromatic carbocycles. The molecule has 2 aromatic heterocycles. The lowest BCUT2D eigenvalue weighted by Crippen LogP contribution is -2.45. The van der Waals surface area contributed by atoms with E-state index in [4.69, 9.17) is 4.74 Å². The third-order valence-corrected chi connectivity index (χ3v) is 6.72. The molecule has 0 radical (unpaired) electrons. The fourth-order valence-electron chi connectivity index (χ4n) is 4.48. The molecule has 0 spiro atoms. The summed E-state index contributed by atoms with van der Waals surface area (Å²) >= 11 is 1.73. The summed E-state index contributed by atoms with van der Waals surface area (Å²) in [6, 6.07) is 8.15. The number of thiophene rings is 1. The van der Waals surface area contributed by atoms with E-state index in [1.807, 2.05) is 12.1 Å². The van der Waals surface area contributed by atoms with Gasteiger partial charge in [-0.05, 0) is 56.2 Å².